The third-order valence-corrected chi connectivity index (χ3v) is 3.54. The molecule has 0 aliphatic heterocycles. The van der Waals surface area contributed by atoms with E-state index in [0.717, 1.165) is 24.3 Å². The number of hydrogen-bond acceptors (Lipinski definition) is 1. The summed E-state index contributed by atoms with van der Waals surface area (Å²) in [6.45, 7) is 0.946. The minimum Gasteiger partial charge on any atom is -0.330 e. The minimum absolute atomic E-state index is 0.915. The predicted octanol–water partition coefficient (Wildman–Crippen LogP) is 2.16. The zero-order valence-electron chi connectivity index (χ0n) is 7.26. The quantitative estimate of drug-likeness (QED) is 0.646. The largest absolute Gasteiger partial charge is 0.330 e. The van der Waals surface area contributed by atoms with Crippen molar-refractivity contribution in [3.05, 3.63) is 0 Å². The van der Waals surface area contributed by atoms with Crippen molar-refractivity contribution in [1.82, 2.24) is 0 Å². The molecular weight excluding hydrogens is 134 g/mol. The van der Waals surface area contributed by atoms with E-state index in [1.54, 1.807) is 0 Å². The van der Waals surface area contributed by atoms with Crippen molar-refractivity contribution in [3.8, 4) is 0 Å². The van der Waals surface area contributed by atoms with Crippen LogP contribution < -0.4 is 5.73 Å². The van der Waals surface area contributed by atoms with Gasteiger partial charge in [-0.15, -0.1) is 0 Å². The van der Waals surface area contributed by atoms with Crippen LogP contribution in [-0.4, -0.2) is 6.54 Å². The van der Waals surface area contributed by atoms with Crippen LogP contribution in [-0.2, 0) is 0 Å². The smallest absolute Gasteiger partial charge is 0.00460 e. The van der Waals surface area contributed by atoms with E-state index in [1.807, 2.05) is 0 Å². The fourth-order valence-electron chi connectivity index (χ4n) is 2.68. The summed E-state index contributed by atoms with van der Waals surface area (Å²) in [5.74, 6) is 3.02. The Hall–Kier alpha value is -0.0400. The molecular formula is C10H19N. The van der Waals surface area contributed by atoms with Gasteiger partial charge in [-0.1, -0.05) is 32.1 Å². The van der Waals surface area contributed by atoms with Crippen LogP contribution in [0.1, 0.15) is 38.5 Å². The van der Waals surface area contributed by atoms with Gasteiger partial charge < -0.3 is 5.73 Å². The lowest BCUT2D eigenvalue weighted by Gasteiger charge is -2.21. The Morgan fingerprint density at radius 3 is 2.36 bits per heavy atom. The van der Waals surface area contributed by atoms with E-state index in [4.69, 9.17) is 5.73 Å². The van der Waals surface area contributed by atoms with Gasteiger partial charge in [0.1, 0.15) is 0 Å². The lowest BCUT2D eigenvalue weighted by atomic mass is 9.85. The maximum atomic E-state index is 5.63. The van der Waals surface area contributed by atoms with Crippen LogP contribution in [0.2, 0.25) is 0 Å². The number of nitrogens with two attached hydrogens (primary N) is 1. The molecule has 2 atom stereocenters. The second-order valence-electron chi connectivity index (χ2n) is 4.29. The van der Waals surface area contributed by atoms with Gasteiger partial charge in [0, 0.05) is 0 Å². The Bertz CT molecular complexity index is 127. The van der Waals surface area contributed by atoms with Crippen molar-refractivity contribution >= 4 is 0 Å². The molecule has 0 unspecified atom stereocenters. The first-order valence-electron chi connectivity index (χ1n) is 5.12. The molecule has 0 aromatic carbocycles. The molecule has 64 valence electrons. The third kappa shape index (κ3) is 1.58. The van der Waals surface area contributed by atoms with Crippen molar-refractivity contribution in [1.29, 1.82) is 0 Å². The highest BCUT2D eigenvalue weighted by molar-refractivity contribution is 4.92. The maximum absolute atomic E-state index is 5.63. The summed E-state index contributed by atoms with van der Waals surface area (Å²) < 4.78 is 0. The molecule has 0 bridgehead atoms. The molecule has 0 spiro atoms. The summed E-state index contributed by atoms with van der Waals surface area (Å²) in [5, 5.41) is 0. The minimum atomic E-state index is 0.915. The highest BCUT2D eigenvalue weighted by Gasteiger charge is 2.41. The standard InChI is InChI=1S/C10H19N/c11-7-9-6-10(9)8-4-2-1-3-5-8/h8-10H,1-7,11H2/t9-,10+/m0/s1. The SMILES string of the molecule is NC[C@@H]1C[C@@H]1C1CCCCC1. The molecule has 2 aliphatic rings. The Labute approximate surface area is 69.4 Å². The molecule has 1 heteroatoms. The highest BCUT2D eigenvalue weighted by atomic mass is 14.6. The Morgan fingerprint density at radius 2 is 1.82 bits per heavy atom. The second-order valence-corrected chi connectivity index (χ2v) is 4.29. The first-order valence-corrected chi connectivity index (χ1v) is 5.12. The fraction of sp³-hybridized carbons (Fsp3) is 1.00. The van der Waals surface area contributed by atoms with Crippen LogP contribution in [0.25, 0.3) is 0 Å². The molecule has 2 saturated carbocycles. The first kappa shape index (κ1) is 7.60. The Balaban J connectivity index is 1.77. The average molecular weight is 153 g/mol. The van der Waals surface area contributed by atoms with Crippen LogP contribution >= 0.6 is 0 Å². The van der Waals surface area contributed by atoms with E-state index in [0.29, 0.717) is 0 Å². The van der Waals surface area contributed by atoms with Gasteiger partial charge in [0.25, 0.3) is 0 Å². The molecule has 2 aliphatic carbocycles. The highest BCUT2D eigenvalue weighted by Crippen LogP contribution is 2.48. The maximum Gasteiger partial charge on any atom is -0.00460 e. The van der Waals surface area contributed by atoms with Crippen LogP contribution in [0.15, 0.2) is 0 Å². The molecule has 11 heavy (non-hydrogen) atoms. The molecule has 2 rings (SSSR count). The van der Waals surface area contributed by atoms with E-state index >= 15 is 0 Å². The van der Waals surface area contributed by atoms with Crippen molar-refractivity contribution < 1.29 is 0 Å². The molecule has 0 aromatic heterocycles. The number of rotatable bonds is 2. The van der Waals surface area contributed by atoms with Crippen LogP contribution in [0, 0.1) is 17.8 Å². The Kier molecular flexibility index (Phi) is 2.17. The molecule has 0 radical (unpaired) electrons. The molecule has 0 saturated heterocycles. The second kappa shape index (κ2) is 3.14. The van der Waals surface area contributed by atoms with Gasteiger partial charge in [-0.25, -0.2) is 0 Å². The van der Waals surface area contributed by atoms with E-state index < -0.39 is 0 Å². The summed E-state index contributed by atoms with van der Waals surface area (Å²) in [7, 11) is 0. The van der Waals surface area contributed by atoms with Gasteiger partial charge in [-0.2, -0.15) is 0 Å². The molecule has 0 heterocycles. The predicted molar refractivity (Wildman–Crippen MR) is 47.2 cm³/mol. The normalized spacial score (nSPS) is 39.0. The van der Waals surface area contributed by atoms with E-state index in [2.05, 4.69) is 0 Å². The van der Waals surface area contributed by atoms with Crippen LogP contribution in [0.3, 0.4) is 0 Å². The molecule has 0 aromatic rings. The van der Waals surface area contributed by atoms with Gasteiger partial charge >= 0.3 is 0 Å². The van der Waals surface area contributed by atoms with E-state index in [1.165, 1.54) is 38.5 Å². The van der Waals surface area contributed by atoms with Crippen LogP contribution in [0.5, 0.6) is 0 Å². The Morgan fingerprint density at radius 1 is 1.09 bits per heavy atom. The van der Waals surface area contributed by atoms with Gasteiger partial charge in [0.15, 0.2) is 0 Å². The van der Waals surface area contributed by atoms with Crippen molar-refractivity contribution in [2.75, 3.05) is 6.54 Å². The summed E-state index contributed by atoms with van der Waals surface area (Å²) in [5.41, 5.74) is 5.63. The zero-order valence-corrected chi connectivity index (χ0v) is 7.26. The summed E-state index contributed by atoms with van der Waals surface area (Å²) in [6.07, 6.45) is 8.90. The van der Waals surface area contributed by atoms with Crippen molar-refractivity contribution in [3.63, 3.8) is 0 Å². The number of hydrogen-bond donors (Lipinski definition) is 1. The topological polar surface area (TPSA) is 26.0 Å². The monoisotopic (exact) mass is 153 g/mol. The van der Waals surface area contributed by atoms with Gasteiger partial charge in [0.05, 0.1) is 0 Å². The lowest BCUT2D eigenvalue weighted by Crippen LogP contribution is -2.12. The summed E-state index contributed by atoms with van der Waals surface area (Å²) >= 11 is 0. The van der Waals surface area contributed by atoms with E-state index in [-0.39, 0.29) is 0 Å². The first-order chi connectivity index (χ1) is 5.42. The lowest BCUT2D eigenvalue weighted by molar-refractivity contribution is 0.310. The summed E-state index contributed by atoms with van der Waals surface area (Å²) in [4.78, 5) is 0. The molecule has 2 fully saturated rings. The van der Waals surface area contributed by atoms with E-state index in [9.17, 15) is 0 Å². The average Bonchev–Trinajstić information content (AvgIpc) is 2.85. The van der Waals surface area contributed by atoms with Gasteiger partial charge in [-0.05, 0) is 30.7 Å². The zero-order chi connectivity index (χ0) is 7.68. The third-order valence-electron chi connectivity index (χ3n) is 3.54. The van der Waals surface area contributed by atoms with Crippen molar-refractivity contribution in [2.24, 2.45) is 23.5 Å². The van der Waals surface area contributed by atoms with Gasteiger partial charge in [-0.3, -0.25) is 0 Å². The van der Waals surface area contributed by atoms with Crippen LogP contribution in [0.4, 0.5) is 0 Å². The van der Waals surface area contributed by atoms with Crippen molar-refractivity contribution in [2.45, 2.75) is 38.5 Å². The fourth-order valence-corrected chi connectivity index (χ4v) is 2.68. The molecule has 0 amide bonds. The summed E-state index contributed by atoms with van der Waals surface area (Å²) in [6, 6.07) is 0. The molecule has 2 N–H and O–H groups in total. The molecule has 1 nitrogen and oxygen atoms in total. The van der Waals surface area contributed by atoms with Gasteiger partial charge in [0.2, 0.25) is 0 Å².